The maximum absolute atomic E-state index is 11.5. The number of piperazine rings is 1. The van der Waals surface area contributed by atoms with Crippen molar-refractivity contribution in [1.82, 2.24) is 14.9 Å². The lowest BCUT2D eigenvalue weighted by atomic mass is 10.1. The summed E-state index contributed by atoms with van der Waals surface area (Å²) in [5.74, 6) is 0.568. The lowest BCUT2D eigenvalue weighted by Crippen LogP contribution is -2.47. The Morgan fingerprint density at radius 2 is 1.84 bits per heavy atom. The molecule has 0 amide bonds. The SMILES string of the molecule is O=c1ccc2ccc(OCCCCN3CCN(c4cccc5c4CCC5)CC3)nc2[nH]1. The third kappa shape index (κ3) is 4.59. The minimum atomic E-state index is -0.145. The molecule has 2 aliphatic rings. The van der Waals surface area contributed by atoms with Gasteiger partial charge in [-0.05, 0) is 68.0 Å². The number of nitrogens with one attached hydrogen (secondary N) is 1. The van der Waals surface area contributed by atoms with Gasteiger partial charge in [-0.1, -0.05) is 12.1 Å². The van der Waals surface area contributed by atoms with Crippen molar-refractivity contribution in [2.45, 2.75) is 32.1 Å². The molecule has 1 aliphatic heterocycles. The van der Waals surface area contributed by atoms with Crippen LogP contribution in [0.4, 0.5) is 5.69 Å². The van der Waals surface area contributed by atoms with Gasteiger partial charge < -0.3 is 14.6 Å². The summed E-state index contributed by atoms with van der Waals surface area (Å²) in [6.07, 6.45) is 5.91. The molecule has 6 nitrogen and oxygen atoms in total. The second-order valence-corrected chi connectivity index (χ2v) is 8.56. The Balaban J connectivity index is 1.04. The van der Waals surface area contributed by atoms with Crippen molar-refractivity contribution in [2.24, 2.45) is 0 Å². The van der Waals surface area contributed by atoms with Crippen molar-refractivity contribution in [3.05, 3.63) is 63.9 Å². The molecule has 0 bridgehead atoms. The summed E-state index contributed by atoms with van der Waals surface area (Å²) in [7, 11) is 0. The Kier molecular flexibility index (Phi) is 5.89. The molecule has 1 aromatic carbocycles. The summed E-state index contributed by atoms with van der Waals surface area (Å²) >= 11 is 0. The second-order valence-electron chi connectivity index (χ2n) is 8.56. The van der Waals surface area contributed by atoms with Crippen LogP contribution in [0.5, 0.6) is 5.88 Å². The van der Waals surface area contributed by atoms with Gasteiger partial charge in [-0.15, -0.1) is 0 Å². The minimum Gasteiger partial charge on any atom is -0.478 e. The molecule has 3 heterocycles. The molecular formula is C25H30N4O2. The quantitative estimate of drug-likeness (QED) is 0.596. The molecule has 0 atom stereocenters. The molecule has 0 saturated carbocycles. The summed E-state index contributed by atoms with van der Waals surface area (Å²) in [4.78, 5) is 23.7. The summed E-state index contributed by atoms with van der Waals surface area (Å²) < 4.78 is 5.80. The van der Waals surface area contributed by atoms with Gasteiger partial charge in [0.05, 0.1) is 6.61 Å². The third-order valence-electron chi connectivity index (χ3n) is 6.51. The Hall–Kier alpha value is -2.86. The van der Waals surface area contributed by atoms with E-state index in [9.17, 15) is 4.79 Å². The van der Waals surface area contributed by atoms with Gasteiger partial charge in [-0.2, -0.15) is 4.98 Å². The van der Waals surface area contributed by atoms with Crippen LogP contribution >= 0.6 is 0 Å². The smallest absolute Gasteiger partial charge is 0.249 e. The highest BCUT2D eigenvalue weighted by atomic mass is 16.5. The van der Waals surface area contributed by atoms with Crippen molar-refractivity contribution >= 4 is 16.7 Å². The topological polar surface area (TPSA) is 61.5 Å². The van der Waals surface area contributed by atoms with Gasteiger partial charge >= 0.3 is 0 Å². The Morgan fingerprint density at radius 1 is 0.968 bits per heavy atom. The number of pyridine rings is 2. The van der Waals surface area contributed by atoms with Crippen molar-refractivity contribution in [1.29, 1.82) is 0 Å². The second kappa shape index (κ2) is 9.10. The predicted molar refractivity (Wildman–Crippen MR) is 124 cm³/mol. The van der Waals surface area contributed by atoms with Crippen molar-refractivity contribution < 1.29 is 4.74 Å². The van der Waals surface area contributed by atoms with Crippen LogP contribution in [0.25, 0.3) is 11.0 Å². The highest BCUT2D eigenvalue weighted by Gasteiger charge is 2.22. The highest BCUT2D eigenvalue weighted by Crippen LogP contribution is 2.31. The summed E-state index contributed by atoms with van der Waals surface area (Å²) in [6.45, 7) is 6.25. The maximum Gasteiger partial charge on any atom is 0.249 e. The summed E-state index contributed by atoms with van der Waals surface area (Å²) in [6, 6.07) is 13.9. The standard InChI is InChI=1S/C25H30N4O2/c30-23-11-9-20-10-12-24(27-25(20)26-23)31-18-2-1-13-28-14-16-29(17-15-28)22-8-4-6-19-5-3-7-21(19)22/h4,6,8-12H,1-3,5,7,13-18H2,(H,26,27,30). The van der Waals surface area contributed by atoms with Crippen LogP contribution in [0.3, 0.4) is 0 Å². The van der Waals surface area contributed by atoms with Crippen LogP contribution in [0.1, 0.15) is 30.4 Å². The first-order valence-electron chi connectivity index (χ1n) is 11.5. The number of ether oxygens (including phenoxy) is 1. The van der Waals surface area contributed by atoms with Gasteiger partial charge in [0, 0.05) is 49.4 Å². The zero-order chi connectivity index (χ0) is 21.0. The van der Waals surface area contributed by atoms with Crippen LogP contribution < -0.4 is 15.2 Å². The number of nitrogens with zero attached hydrogens (tertiary/aromatic N) is 3. The van der Waals surface area contributed by atoms with E-state index in [0.29, 0.717) is 18.1 Å². The predicted octanol–water partition coefficient (Wildman–Crippen LogP) is 3.39. The van der Waals surface area contributed by atoms with Gasteiger partial charge in [0.2, 0.25) is 11.4 Å². The molecule has 1 aliphatic carbocycles. The van der Waals surface area contributed by atoms with Gasteiger partial charge in [0.15, 0.2) is 0 Å². The number of anilines is 1. The number of aryl methyl sites for hydroxylation is 1. The number of unbranched alkanes of at least 4 members (excludes halogenated alkanes) is 1. The molecular weight excluding hydrogens is 388 g/mol. The number of H-pyrrole nitrogens is 1. The molecule has 31 heavy (non-hydrogen) atoms. The van der Waals surface area contributed by atoms with Gasteiger partial charge in [0.25, 0.3) is 0 Å². The Labute approximate surface area is 182 Å². The zero-order valence-electron chi connectivity index (χ0n) is 18.0. The van der Waals surface area contributed by atoms with Crippen LogP contribution in [-0.4, -0.2) is 54.2 Å². The van der Waals surface area contributed by atoms with Gasteiger partial charge in [-0.3, -0.25) is 9.69 Å². The number of hydrogen-bond donors (Lipinski definition) is 1. The first-order chi connectivity index (χ1) is 15.3. The maximum atomic E-state index is 11.5. The van der Waals surface area contributed by atoms with Crippen molar-refractivity contribution in [3.8, 4) is 5.88 Å². The van der Waals surface area contributed by atoms with E-state index in [1.54, 1.807) is 17.2 Å². The largest absolute Gasteiger partial charge is 0.478 e. The van der Waals surface area contributed by atoms with Crippen molar-refractivity contribution in [2.75, 3.05) is 44.2 Å². The number of aromatic amines is 1. The molecule has 3 aromatic rings. The minimum absolute atomic E-state index is 0.145. The van der Waals surface area contributed by atoms with E-state index in [1.807, 2.05) is 12.1 Å². The average molecular weight is 419 g/mol. The van der Waals surface area contributed by atoms with Gasteiger partial charge in [-0.25, -0.2) is 0 Å². The lowest BCUT2D eigenvalue weighted by Gasteiger charge is -2.37. The van der Waals surface area contributed by atoms with Crippen LogP contribution in [0.2, 0.25) is 0 Å². The molecule has 1 saturated heterocycles. The van der Waals surface area contributed by atoms with Crippen molar-refractivity contribution in [3.63, 3.8) is 0 Å². The summed E-state index contributed by atoms with van der Waals surface area (Å²) in [5, 5.41) is 0.909. The number of benzene rings is 1. The zero-order valence-corrected chi connectivity index (χ0v) is 18.0. The monoisotopic (exact) mass is 418 g/mol. The number of hydrogen-bond acceptors (Lipinski definition) is 5. The van der Waals surface area contributed by atoms with E-state index in [-0.39, 0.29) is 5.56 Å². The molecule has 0 spiro atoms. The van der Waals surface area contributed by atoms with Crippen LogP contribution in [0.15, 0.2) is 47.3 Å². The molecule has 1 N–H and O–H groups in total. The molecule has 162 valence electrons. The normalized spacial score (nSPS) is 16.6. The van der Waals surface area contributed by atoms with E-state index in [0.717, 1.165) is 51.0 Å². The van der Waals surface area contributed by atoms with E-state index >= 15 is 0 Å². The fraction of sp³-hybridized carbons (Fsp3) is 0.440. The van der Waals surface area contributed by atoms with E-state index in [1.165, 1.54) is 31.0 Å². The molecule has 0 unspecified atom stereocenters. The van der Waals surface area contributed by atoms with Crippen LogP contribution in [0, 0.1) is 0 Å². The van der Waals surface area contributed by atoms with Gasteiger partial charge in [0.1, 0.15) is 5.65 Å². The molecule has 6 heteroatoms. The number of aromatic nitrogens is 2. The number of fused-ring (bicyclic) bond motifs is 2. The third-order valence-corrected chi connectivity index (χ3v) is 6.51. The fourth-order valence-corrected chi connectivity index (χ4v) is 4.81. The van der Waals surface area contributed by atoms with E-state index < -0.39 is 0 Å². The molecule has 1 fully saturated rings. The first-order valence-corrected chi connectivity index (χ1v) is 11.5. The fourth-order valence-electron chi connectivity index (χ4n) is 4.81. The summed E-state index contributed by atoms with van der Waals surface area (Å²) in [5.41, 5.74) is 5.07. The Morgan fingerprint density at radius 3 is 2.74 bits per heavy atom. The highest BCUT2D eigenvalue weighted by molar-refractivity contribution is 5.74. The lowest BCUT2D eigenvalue weighted by molar-refractivity contribution is 0.236. The van der Waals surface area contributed by atoms with Crippen LogP contribution in [-0.2, 0) is 12.8 Å². The first kappa shape index (κ1) is 20.1. The molecule has 2 aromatic heterocycles. The Bertz CT molecular complexity index is 1100. The van der Waals surface area contributed by atoms with E-state index in [2.05, 4.69) is 38.0 Å². The van der Waals surface area contributed by atoms with E-state index in [4.69, 9.17) is 4.74 Å². The number of rotatable bonds is 7. The molecule has 5 rings (SSSR count). The molecule has 0 radical (unpaired) electrons. The average Bonchev–Trinajstić information content (AvgIpc) is 3.28.